The maximum Gasteiger partial charge on any atom is 0.270 e. The van der Waals surface area contributed by atoms with Gasteiger partial charge >= 0.3 is 0 Å². The lowest BCUT2D eigenvalue weighted by atomic mass is 10.0. The molecule has 2 aromatic rings. The zero-order chi connectivity index (χ0) is 28.3. The Kier molecular flexibility index (Phi) is 8.83. The summed E-state index contributed by atoms with van der Waals surface area (Å²) in [6.45, 7) is 4.50. The van der Waals surface area contributed by atoms with Gasteiger partial charge in [-0.3, -0.25) is 19.1 Å². The van der Waals surface area contributed by atoms with Crippen molar-refractivity contribution in [3.63, 3.8) is 0 Å². The maximum atomic E-state index is 13.4. The van der Waals surface area contributed by atoms with E-state index in [0.717, 1.165) is 35.9 Å². The summed E-state index contributed by atoms with van der Waals surface area (Å²) in [4.78, 5) is 28.5. The molecule has 0 aliphatic carbocycles. The molecular formula is C27H30N4O5S3. The van der Waals surface area contributed by atoms with Gasteiger partial charge in [-0.2, -0.15) is 5.26 Å². The standard InChI is InChI=1S/C27H30N4O5S3/c1-4-5-11-30-24(29-15-18-6-8-20(36-3)9-7-18)21(17(2)22(14-28)25(30)32)13-23-26(33)31(27(37)38-23)19-10-12-39(34,35)16-19/h6-9,13,19,29H,4-5,10-12,15-16H2,1-3H3/b23-13+. The van der Waals surface area contributed by atoms with Crippen LogP contribution in [-0.4, -0.2) is 52.8 Å². The second kappa shape index (κ2) is 11.9. The molecule has 206 valence electrons. The van der Waals surface area contributed by atoms with E-state index in [4.69, 9.17) is 17.0 Å². The van der Waals surface area contributed by atoms with Gasteiger partial charge in [-0.05, 0) is 49.1 Å². The van der Waals surface area contributed by atoms with Crippen molar-refractivity contribution in [2.24, 2.45) is 0 Å². The van der Waals surface area contributed by atoms with Gasteiger partial charge in [0.15, 0.2) is 9.84 Å². The summed E-state index contributed by atoms with van der Waals surface area (Å²) in [5.41, 5.74) is 1.59. The summed E-state index contributed by atoms with van der Waals surface area (Å²) in [6.07, 6.45) is 3.58. The highest BCUT2D eigenvalue weighted by molar-refractivity contribution is 8.26. The van der Waals surface area contributed by atoms with Crippen LogP contribution < -0.4 is 15.6 Å². The van der Waals surface area contributed by atoms with Crippen LogP contribution in [0.15, 0.2) is 34.0 Å². The van der Waals surface area contributed by atoms with Crippen LogP contribution in [0.5, 0.6) is 5.75 Å². The predicted molar refractivity (Wildman–Crippen MR) is 157 cm³/mol. The maximum absolute atomic E-state index is 13.4. The Morgan fingerprint density at radius 1 is 1.28 bits per heavy atom. The van der Waals surface area contributed by atoms with Crippen molar-refractivity contribution < 1.29 is 17.9 Å². The lowest BCUT2D eigenvalue weighted by Crippen LogP contribution is -2.39. The third-order valence-corrected chi connectivity index (χ3v) is 9.98. The van der Waals surface area contributed by atoms with Gasteiger partial charge < -0.3 is 10.1 Å². The number of hydrogen-bond donors (Lipinski definition) is 1. The number of carbonyl (C=O) groups is 1. The monoisotopic (exact) mass is 586 g/mol. The minimum atomic E-state index is -3.21. The number of hydrogen-bond acceptors (Lipinski definition) is 9. The van der Waals surface area contributed by atoms with E-state index < -0.39 is 15.9 Å². The SMILES string of the molecule is CCCCn1c(NCc2ccc(OC)cc2)c(/C=C2/SC(=S)N(C3CCS(=O)(=O)C3)C2=O)c(C)c(C#N)c1=O. The van der Waals surface area contributed by atoms with Crippen LogP contribution in [0.3, 0.4) is 0 Å². The van der Waals surface area contributed by atoms with Crippen LogP contribution in [0.1, 0.15) is 48.4 Å². The average molecular weight is 587 g/mol. The number of anilines is 1. The second-order valence-electron chi connectivity index (χ2n) is 9.49. The first-order valence-corrected chi connectivity index (χ1v) is 15.7. The number of rotatable bonds is 9. The Morgan fingerprint density at radius 2 is 2.00 bits per heavy atom. The minimum absolute atomic E-state index is 0.0183. The van der Waals surface area contributed by atoms with Crippen molar-refractivity contribution in [1.82, 2.24) is 9.47 Å². The molecule has 0 saturated carbocycles. The first-order valence-electron chi connectivity index (χ1n) is 12.6. The number of aromatic nitrogens is 1. The molecule has 0 radical (unpaired) electrons. The number of pyridine rings is 1. The summed E-state index contributed by atoms with van der Waals surface area (Å²) in [6, 6.07) is 9.08. The van der Waals surface area contributed by atoms with E-state index in [2.05, 4.69) is 5.32 Å². The molecule has 12 heteroatoms. The van der Waals surface area contributed by atoms with E-state index in [-0.39, 0.29) is 28.5 Å². The van der Waals surface area contributed by atoms with Crippen molar-refractivity contribution in [1.29, 1.82) is 5.26 Å². The number of amides is 1. The molecule has 9 nitrogen and oxygen atoms in total. The Labute approximate surface area is 237 Å². The van der Waals surface area contributed by atoms with Crippen molar-refractivity contribution in [2.45, 2.75) is 52.2 Å². The molecule has 39 heavy (non-hydrogen) atoms. The molecule has 2 aliphatic heterocycles. The lowest BCUT2D eigenvalue weighted by Gasteiger charge is -2.21. The number of nitrogens with one attached hydrogen (secondary N) is 1. The number of thiocarbonyl (C=S) groups is 1. The van der Waals surface area contributed by atoms with Gasteiger partial charge in [-0.25, -0.2) is 8.42 Å². The Balaban J connectivity index is 1.78. The van der Waals surface area contributed by atoms with Gasteiger partial charge in [-0.1, -0.05) is 49.5 Å². The normalized spacial score (nSPS) is 19.5. The second-order valence-corrected chi connectivity index (χ2v) is 13.4. The van der Waals surface area contributed by atoms with E-state index in [0.29, 0.717) is 45.7 Å². The number of methoxy groups -OCH3 is 1. The fourth-order valence-corrected chi connectivity index (χ4v) is 7.80. The van der Waals surface area contributed by atoms with Crippen LogP contribution in [0.4, 0.5) is 5.82 Å². The van der Waals surface area contributed by atoms with Crippen molar-refractivity contribution >= 4 is 55.9 Å². The Hall–Kier alpha value is -3.14. The average Bonchev–Trinajstić information content (AvgIpc) is 3.40. The summed E-state index contributed by atoms with van der Waals surface area (Å²) in [5.74, 6) is 0.790. The quantitative estimate of drug-likeness (QED) is 0.345. The van der Waals surface area contributed by atoms with Gasteiger partial charge in [0, 0.05) is 18.7 Å². The molecule has 1 N–H and O–H groups in total. The zero-order valence-corrected chi connectivity index (χ0v) is 24.5. The molecule has 1 aromatic heterocycles. The van der Waals surface area contributed by atoms with Gasteiger partial charge in [-0.15, -0.1) is 0 Å². The molecule has 2 saturated heterocycles. The Morgan fingerprint density at radius 3 is 2.59 bits per heavy atom. The van der Waals surface area contributed by atoms with Gasteiger partial charge in [0.2, 0.25) is 0 Å². The molecule has 3 heterocycles. The smallest absolute Gasteiger partial charge is 0.270 e. The largest absolute Gasteiger partial charge is 0.497 e. The highest BCUT2D eigenvalue weighted by Crippen LogP contribution is 2.38. The van der Waals surface area contributed by atoms with E-state index in [1.54, 1.807) is 24.7 Å². The summed E-state index contributed by atoms with van der Waals surface area (Å²) < 4.78 is 31.2. The molecule has 2 fully saturated rings. The van der Waals surface area contributed by atoms with Crippen LogP contribution in [0.2, 0.25) is 0 Å². The van der Waals surface area contributed by atoms with Crippen LogP contribution in [0, 0.1) is 18.3 Å². The van der Waals surface area contributed by atoms with Crippen molar-refractivity contribution in [3.8, 4) is 11.8 Å². The molecule has 2 aliphatic rings. The fourth-order valence-electron chi connectivity index (χ4n) is 4.72. The first kappa shape index (κ1) is 28.9. The van der Waals surface area contributed by atoms with Crippen LogP contribution in [-0.2, 0) is 27.7 Å². The van der Waals surface area contributed by atoms with E-state index >= 15 is 0 Å². The summed E-state index contributed by atoms with van der Waals surface area (Å²) in [5, 5.41) is 13.2. The minimum Gasteiger partial charge on any atom is -0.497 e. The molecule has 1 atom stereocenters. The molecule has 4 rings (SSSR count). The number of benzene rings is 1. The zero-order valence-electron chi connectivity index (χ0n) is 22.0. The number of sulfone groups is 1. The number of unbranched alkanes of at least 4 members (excludes halogenated alkanes) is 1. The van der Waals surface area contributed by atoms with Crippen LogP contribution >= 0.6 is 24.0 Å². The summed E-state index contributed by atoms with van der Waals surface area (Å²) in [7, 11) is -1.61. The highest BCUT2D eigenvalue weighted by atomic mass is 32.2. The summed E-state index contributed by atoms with van der Waals surface area (Å²) >= 11 is 6.58. The third-order valence-electron chi connectivity index (χ3n) is 6.90. The number of nitrogens with zero attached hydrogens (tertiary/aromatic N) is 3. The van der Waals surface area contributed by atoms with Gasteiger partial charge in [0.1, 0.15) is 27.5 Å². The lowest BCUT2D eigenvalue weighted by molar-refractivity contribution is -0.123. The highest BCUT2D eigenvalue weighted by Gasteiger charge is 2.42. The van der Waals surface area contributed by atoms with E-state index in [9.17, 15) is 23.3 Å². The fraction of sp³-hybridized carbons (Fsp3) is 0.407. The molecular weight excluding hydrogens is 557 g/mol. The molecule has 0 spiro atoms. The van der Waals surface area contributed by atoms with E-state index in [1.807, 2.05) is 37.3 Å². The van der Waals surface area contributed by atoms with Crippen molar-refractivity contribution in [3.05, 3.63) is 61.8 Å². The van der Waals surface area contributed by atoms with Gasteiger partial charge in [0.05, 0.1) is 29.6 Å². The predicted octanol–water partition coefficient (Wildman–Crippen LogP) is 3.84. The third kappa shape index (κ3) is 6.05. The number of carbonyl (C=O) groups excluding carboxylic acids is 1. The Bertz CT molecular complexity index is 1540. The molecule has 1 unspecified atom stereocenters. The molecule has 0 bridgehead atoms. The topological polar surface area (TPSA) is 122 Å². The first-order chi connectivity index (χ1) is 18.6. The van der Waals surface area contributed by atoms with Gasteiger partial charge in [0.25, 0.3) is 11.5 Å². The van der Waals surface area contributed by atoms with E-state index in [1.165, 1.54) is 4.90 Å². The van der Waals surface area contributed by atoms with Crippen LogP contribution in [0.25, 0.3) is 6.08 Å². The number of thioether (sulfide) groups is 1. The number of nitriles is 1. The molecule has 1 aromatic carbocycles. The molecule has 1 amide bonds. The van der Waals surface area contributed by atoms with Crippen molar-refractivity contribution in [2.75, 3.05) is 23.9 Å². The number of ether oxygens (including phenoxy) is 1.